The largest absolute Gasteiger partial charge is 0.444 e. The van der Waals surface area contributed by atoms with Crippen LogP contribution >= 0.6 is 15.9 Å². The van der Waals surface area contributed by atoms with Crippen molar-refractivity contribution in [3.8, 4) is 0 Å². The molecule has 2 amide bonds. The van der Waals surface area contributed by atoms with Gasteiger partial charge >= 0.3 is 6.09 Å². The summed E-state index contributed by atoms with van der Waals surface area (Å²) in [6.07, 6.45) is 0.862. The molecule has 8 heteroatoms. The molecule has 0 aliphatic carbocycles. The number of piperidine rings is 1. The second kappa shape index (κ2) is 7.68. The van der Waals surface area contributed by atoms with Crippen LogP contribution in [0.2, 0.25) is 0 Å². The van der Waals surface area contributed by atoms with Crippen LogP contribution in [-0.2, 0) is 4.74 Å². The first-order valence-electron chi connectivity index (χ1n) is 8.01. The van der Waals surface area contributed by atoms with Gasteiger partial charge in [-0.05, 0) is 61.7 Å². The smallest absolute Gasteiger partial charge is 0.410 e. The van der Waals surface area contributed by atoms with E-state index < -0.39 is 29.2 Å². The Balaban J connectivity index is 2.04. The number of nitrogens with zero attached hydrogens (tertiary/aromatic N) is 1. The van der Waals surface area contributed by atoms with Gasteiger partial charge in [0.15, 0.2) is 0 Å². The third-order valence-corrected chi connectivity index (χ3v) is 4.45. The molecule has 5 nitrogen and oxygen atoms in total. The number of hydrogen-bond acceptors (Lipinski definition) is 3. The summed E-state index contributed by atoms with van der Waals surface area (Å²) >= 11 is 2.90. The van der Waals surface area contributed by atoms with E-state index in [9.17, 15) is 18.4 Å². The minimum Gasteiger partial charge on any atom is -0.444 e. The highest BCUT2D eigenvalue weighted by molar-refractivity contribution is 9.10. The van der Waals surface area contributed by atoms with Gasteiger partial charge in [0.2, 0.25) is 0 Å². The number of benzene rings is 1. The molecule has 1 aromatic rings. The highest BCUT2D eigenvalue weighted by Gasteiger charge is 2.29. The first-order chi connectivity index (χ1) is 11.6. The van der Waals surface area contributed by atoms with Gasteiger partial charge in [-0.25, -0.2) is 13.6 Å². The summed E-state index contributed by atoms with van der Waals surface area (Å²) in [7, 11) is 0. The Morgan fingerprint density at radius 1 is 1.28 bits per heavy atom. The molecule has 0 radical (unpaired) electrons. The van der Waals surface area contributed by atoms with Crippen molar-refractivity contribution < 1.29 is 23.1 Å². The van der Waals surface area contributed by atoms with E-state index >= 15 is 0 Å². The topological polar surface area (TPSA) is 58.6 Å². The van der Waals surface area contributed by atoms with E-state index in [0.29, 0.717) is 19.4 Å². The normalized spacial score (nSPS) is 18.0. The second-order valence-electron chi connectivity index (χ2n) is 6.96. The third-order valence-electron chi connectivity index (χ3n) is 3.68. The van der Waals surface area contributed by atoms with Crippen molar-refractivity contribution in [2.24, 2.45) is 0 Å². The maximum Gasteiger partial charge on any atom is 0.410 e. The molecule has 25 heavy (non-hydrogen) atoms. The fraction of sp³-hybridized carbons (Fsp3) is 0.529. The molecule has 0 aromatic heterocycles. The monoisotopic (exact) mass is 418 g/mol. The summed E-state index contributed by atoms with van der Waals surface area (Å²) in [5, 5.41) is 2.67. The lowest BCUT2D eigenvalue weighted by Gasteiger charge is -2.34. The van der Waals surface area contributed by atoms with Crippen molar-refractivity contribution in [2.75, 3.05) is 13.1 Å². The van der Waals surface area contributed by atoms with E-state index in [-0.39, 0.29) is 22.6 Å². The van der Waals surface area contributed by atoms with Gasteiger partial charge in [0.25, 0.3) is 5.91 Å². The molecule has 0 unspecified atom stereocenters. The summed E-state index contributed by atoms with van der Waals surface area (Å²) < 4.78 is 32.6. The van der Waals surface area contributed by atoms with Gasteiger partial charge in [-0.2, -0.15) is 0 Å². The van der Waals surface area contributed by atoms with Crippen molar-refractivity contribution in [1.82, 2.24) is 10.2 Å². The molecular formula is C17H21BrF2N2O3. The predicted octanol–water partition coefficient (Wildman–Crippen LogP) is 3.86. The average molecular weight is 419 g/mol. The fourth-order valence-corrected chi connectivity index (χ4v) is 3.08. The Morgan fingerprint density at radius 2 is 1.92 bits per heavy atom. The number of hydrogen-bond donors (Lipinski definition) is 1. The number of likely N-dealkylation sites (tertiary alicyclic amines) is 1. The highest BCUT2D eigenvalue weighted by Crippen LogP contribution is 2.24. The van der Waals surface area contributed by atoms with Crippen LogP contribution in [0.25, 0.3) is 0 Å². The van der Waals surface area contributed by atoms with Crippen molar-refractivity contribution in [1.29, 1.82) is 0 Å². The Morgan fingerprint density at radius 3 is 2.56 bits per heavy atom. The van der Waals surface area contributed by atoms with Crippen LogP contribution < -0.4 is 5.32 Å². The molecule has 1 saturated heterocycles. The molecule has 1 N–H and O–H groups in total. The average Bonchev–Trinajstić information content (AvgIpc) is 2.50. The number of nitrogens with one attached hydrogen (secondary N) is 1. The quantitative estimate of drug-likeness (QED) is 0.741. The lowest BCUT2D eigenvalue weighted by molar-refractivity contribution is 0.0185. The third kappa shape index (κ3) is 5.14. The van der Waals surface area contributed by atoms with Gasteiger partial charge in [-0.1, -0.05) is 0 Å². The van der Waals surface area contributed by atoms with Gasteiger partial charge in [0.1, 0.15) is 17.2 Å². The van der Waals surface area contributed by atoms with Crippen LogP contribution in [0.1, 0.15) is 44.0 Å². The maximum atomic E-state index is 13.9. The fourth-order valence-electron chi connectivity index (χ4n) is 2.58. The zero-order chi connectivity index (χ0) is 18.8. The minimum absolute atomic E-state index is 0.218. The van der Waals surface area contributed by atoms with E-state index in [1.165, 1.54) is 4.90 Å². The molecular weight excluding hydrogens is 398 g/mol. The van der Waals surface area contributed by atoms with Gasteiger partial charge in [-0.3, -0.25) is 4.79 Å². The van der Waals surface area contributed by atoms with Crippen LogP contribution in [0.5, 0.6) is 0 Å². The van der Waals surface area contributed by atoms with Crippen LogP contribution in [0.3, 0.4) is 0 Å². The van der Waals surface area contributed by atoms with E-state index in [0.717, 1.165) is 12.1 Å². The molecule has 2 rings (SSSR count). The first-order valence-corrected chi connectivity index (χ1v) is 8.80. The zero-order valence-electron chi connectivity index (χ0n) is 14.4. The van der Waals surface area contributed by atoms with Crippen LogP contribution in [0, 0.1) is 11.6 Å². The lowest BCUT2D eigenvalue weighted by Crippen LogP contribution is -2.50. The van der Waals surface area contributed by atoms with E-state index in [1.54, 1.807) is 20.8 Å². The van der Waals surface area contributed by atoms with Crippen LogP contribution in [0.15, 0.2) is 16.6 Å². The molecule has 0 bridgehead atoms. The number of ether oxygens (including phenoxy) is 1. The molecule has 1 aliphatic rings. The Bertz CT molecular complexity index is 677. The number of amides is 2. The predicted molar refractivity (Wildman–Crippen MR) is 92.4 cm³/mol. The van der Waals surface area contributed by atoms with E-state index in [2.05, 4.69) is 21.2 Å². The Labute approximate surface area is 153 Å². The number of carbonyl (C=O) groups is 2. The van der Waals surface area contributed by atoms with Gasteiger partial charge in [-0.15, -0.1) is 0 Å². The minimum atomic E-state index is -0.814. The molecule has 0 saturated carbocycles. The van der Waals surface area contributed by atoms with Crippen molar-refractivity contribution in [3.05, 3.63) is 33.8 Å². The van der Waals surface area contributed by atoms with E-state index in [1.807, 2.05) is 0 Å². The highest BCUT2D eigenvalue weighted by atomic mass is 79.9. The van der Waals surface area contributed by atoms with Crippen molar-refractivity contribution >= 4 is 27.9 Å². The van der Waals surface area contributed by atoms with Crippen molar-refractivity contribution in [3.63, 3.8) is 0 Å². The van der Waals surface area contributed by atoms with Gasteiger partial charge < -0.3 is 15.0 Å². The maximum absolute atomic E-state index is 13.9. The number of rotatable bonds is 2. The van der Waals surface area contributed by atoms with Crippen LogP contribution in [-0.4, -0.2) is 41.6 Å². The second-order valence-corrected chi connectivity index (χ2v) is 7.75. The standard InChI is InChI=1S/C17H21BrF2N2O3/c1-17(2,3)25-16(24)22-8-4-5-10(9-22)21-15(23)13-11(19)6-7-12(20)14(13)18/h6-7,10H,4-5,8-9H2,1-3H3,(H,21,23)/t10-/m1/s1. The summed E-state index contributed by atoms with van der Waals surface area (Å²) in [5.41, 5.74) is -0.988. The SMILES string of the molecule is CC(C)(C)OC(=O)N1CCC[C@@H](NC(=O)c2c(F)ccc(F)c2Br)C1. The van der Waals surface area contributed by atoms with Crippen molar-refractivity contribution in [2.45, 2.75) is 45.3 Å². The molecule has 0 spiro atoms. The number of carbonyl (C=O) groups excluding carboxylic acids is 2. The van der Waals surface area contributed by atoms with Crippen LogP contribution in [0.4, 0.5) is 13.6 Å². The summed E-state index contributed by atoms with van der Waals surface area (Å²) in [4.78, 5) is 26.0. The Kier molecular flexibility index (Phi) is 6.03. The Hall–Kier alpha value is -1.70. The summed E-state index contributed by atoms with van der Waals surface area (Å²) in [6.45, 7) is 6.11. The molecule has 1 aromatic carbocycles. The number of halogens is 3. The first kappa shape index (κ1) is 19.6. The molecule has 1 aliphatic heterocycles. The van der Waals surface area contributed by atoms with E-state index in [4.69, 9.17) is 4.74 Å². The molecule has 1 atom stereocenters. The summed E-state index contributed by atoms with van der Waals surface area (Å²) in [5.74, 6) is -2.25. The van der Waals surface area contributed by atoms with Gasteiger partial charge in [0.05, 0.1) is 10.0 Å². The summed E-state index contributed by atoms with van der Waals surface area (Å²) in [6, 6.07) is 1.49. The molecule has 138 valence electrons. The zero-order valence-corrected chi connectivity index (χ0v) is 16.0. The lowest BCUT2D eigenvalue weighted by atomic mass is 10.1. The molecule has 1 fully saturated rings. The van der Waals surface area contributed by atoms with Gasteiger partial charge in [0, 0.05) is 19.1 Å². The molecule has 1 heterocycles.